The van der Waals surface area contributed by atoms with Gasteiger partial charge in [0.05, 0.1) is 23.9 Å². The van der Waals surface area contributed by atoms with E-state index in [4.69, 9.17) is 5.26 Å². The van der Waals surface area contributed by atoms with Crippen LogP contribution in [0.3, 0.4) is 0 Å². The van der Waals surface area contributed by atoms with Crippen LogP contribution in [0.15, 0.2) is 30.5 Å². The predicted octanol–water partition coefficient (Wildman–Crippen LogP) is 2.58. The van der Waals surface area contributed by atoms with Gasteiger partial charge in [0.25, 0.3) is 0 Å². The Hall–Kier alpha value is -2.41. The minimum Gasteiger partial charge on any atom is -0.379 e. The van der Waals surface area contributed by atoms with E-state index in [0.717, 1.165) is 22.8 Å². The third-order valence-electron chi connectivity index (χ3n) is 2.65. The maximum absolute atomic E-state index is 8.86. The molecule has 0 atom stereocenters. The third kappa shape index (κ3) is 2.83. The fourth-order valence-corrected chi connectivity index (χ4v) is 1.70. The number of rotatable bonds is 3. The van der Waals surface area contributed by atoms with Gasteiger partial charge in [0, 0.05) is 11.9 Å². The highest BCUT2D eigenvalue weighted by Crippen LogP contribution is 2.14. The Morgan fingerprint density at radius 1 is 1.28 bits per heavy atom. The molecule has 0 fully saturated rings. The molecule has 0 aliphatic carbocycles. The van der Waals surface area contributed by atoms with E-state index in [2.05, 4.69) is 21.4 Å². The van der Waals surface area contributed by atoms with Crippen molar-refractivity contribution in [3.05, 3.63) is 53.1 Å². The van der Waals surface area contributed by atoms with Gasteiger partial charge in [-0.05, 0) is 43.7 Å². The Bertz CT molecular complexity index is 599. The molecular formula is C14H14N4. The van der Waals surface area contributed by atoms with Crippen LogP contribution in [-0.4, -0.2) is 9.97 Å². The van der Waals surface area contributed by atoms with Gasteiger partial charge in [0.2, 0.25) is 0 Å². The number of nitrogens with zero attached hydrogens (tertiary/aromatic N) is 3. The summed E-state index contributed by atoms with van der Waals surface area (Å²) < 4.78 is 0. The van der Waals surface area contributed by atoms with E-state index >= 15 is 0 Å². The summed E-state index contributed by atoms with van der Waals surface area (Å²) in [6, 6.07) is 9.73. The normalized spacial score (nSPS) is 9.83. The Labute approximate surface area is 106 Å². The van der Waals surface area contributed by atoms with Crippen LogP contribution in [0.2, 0.25) is 0 Å². The van der Waals surface area contributed by atoms with E-state index in [1.165, 1.54) is 0 Å². The number of aryl methyl sites for hydroxylation is 2. The second-order valence-corrected chi connectivity index (χ2v) is 4.09. The monoisotopic (exact) mass is 238 g/mol. The number of anilines is 1. The molecule has 1 aromatic heterocycles. The second-order valence-electron chi connectivity index (χ2n) is 4.09. The third-order valence-corrected chi connectivity index (χ3v) is 2.65. The largest absolute Gasteiger partial charge is 0.379 e. The van der Waals surface area contributed by atoms with Gasteiger partial charge in [-0.2, -0.15) is 5.26 Å². The zero-order chi connectivity index (χ0) is 13.0. The highest BCUT2D eigenvalue weighted by Gasteiger charge is 2.00. The lowest BCUT2D eigenvalue weighted by atomic mass is 10.1. The van der Waals surface area contributed by atoms with Crippen molar-refractivity contribution in [1.29, 1.82) is 5.26 Å². The Morgan fingerprint density at radius 3 is 2.78 bits per heavy atom. The smallest absolute Gasteiger partial charge is 0.125 e. The van der Waals surface area contributed by atoms with Crippen molar-refractivity contribution in [3.8, 4) is 6.07 Å². The Balaban J connectivity index is 2.07. The van der Waals surface area contributed by atoms with Crippen LogP contribution >= 0.6 is 0 Å². The van der Waals surface area contributed by atoms with Crippen LogP contribution in [0.25, 0.3) is 0 Å². The lowest BCUT2D eigenvalue weighted by Crippen LogP contribution is -2.03. The van der Waals surface area contributed by atoms with E-state index in [-0.39, 0.29) is 0 Å². The molecule has 1 heterocycles. The summed E-state index contributed by atoms with van der Waals surface area (Å²) in [6.45, 7) is 4.45. The zero-order valence-electron chi connectivity index (χ0n) is 10.4. The van der Waals surface area contributed by atoms with Gasteiger partial charge in [-0.25, -0.2) is 9.97 Å². The highest BCUT2D eigenvalue weighted by atomic mass is 14.9. The summed E-state index contributed by atoms with van der Waals surface area (Å²) in [5.41, 5.74) is 3.62. The number of hydrogen-bond acceptors (Lipinski definition) is 4. The van der Waals surface area contributed by atoms with Gasteiger partial charge in [-0.3, -0.25) is 0 Å². The molecule has 90 valence electrons. The van der Waals surface area contributed by atoms with E-state index in [0.29, 0.717) is 12.1 Å². The van der Waals surface area contributed by atoms with E-state index in [1.54, 1.807) is 6.20 Å². The predicted molar refractivity (Wildman–Crippen MR) is 70.0 cm³/mol. The number of hydrogen-bond donors (Lipinski definition) is 1. The van der Waals surface area contributed by atoms with Crippen molar-refractivity contribution in [3.63, 3.8) is 0 Å². The summed E-state index contributed by atoms with van der Waals surface area (Å²) in [6.07, 6.45) is 1.75. The van der Waals surface area contributed by atoms with Crippen molar-refractivity contribution in [1.82, 2.24) is 9.97 Å². The lowest BCUT2D eigenvalue weighted by Gasteiger charge is -2.07. The van der Waals surface area contributed by atoms with Crippen molar-refractivity contribution in [2.45, 2.75) is 20.4 Å². The standard InChI is InChI=1S/C14H14N4/c1-10-7-13(4-3-12(10)8-15)17-9-14-5-6-16-11(2)18-14/h3-7,17H,9H2,1-2H3. The molecule has 0 saturated carbocycles. The second kappa shape index (κ2) is 5.28. The van der Waals surface area contributed by atoms with Crippen molar-refractivity contribution in [2.75, 3.05) is 5.32 Å². The van der Waals surface area contributed by atoms with Gasteiger partial charge in [0.1, 0.15) is 5.82 Å². The number of aromatic nitrogens is 2. The molecule has 0 saturated heterocycles. The molecule has 1 aromatic carbocycles. The molecule has 0 amide bonds. The van der Waals surface area contributed by atoms with Crippen molar-refractivity contribution in [2.24, 2.45) is 0 Å². The molecule has 0 bridgehead atoms. The first kappa shape index (κ1) is 12.1. The number of nitrogens with one attached hydrogen (secondary N) is 1. The molecule has 0 radical (unpaired) electrons. The van der Waals surface area contributed by atoms with Crippen LogP contribution in [0.4, 0.5) is 5.69 Å². The molecule has 1 N–H and O–H groups in total. The van der Waals surface area contributed by atoms with Gasteiger partial charge in [-0.15, -0.1) is 0 Å². The number of benzene rings is 1. The van der Waals surface area contributed by atoms with Gasteiger partial charge in [-0.1, -0.05) is 0 Å². The zero-order valence-corrected chi connectivity index (χ0v) is 10.4. The Morgan fingerprint density at radius 2 is 2.11 bits per heavy atom. The van der Waals surface area contributed by atoms with Gasteiger partial charge in [0.15, 0.2) is 0 Å². The fraction of sp³-hybridized carbons (Fsp3) is 0.214. The van der Waals surface area contributed by atoms with Crippen LogP contribution in [0.5, 0.6) is 0 Å². The summed E-state index contributed by atoms with van der Waals surface area (Å²) in [4.78, 5) is 8.38. The quantitative estimate of drug-likeness (QED) is 0.892. The fourth-order valence-electron chi connectivity index (χ4n) is 1.70. The van der Waals surface area contributed by atoms with Crippen LogP contribution < -0.4 is 5.32 Å². The van der Waals surface area contributed by atoms with E-state index in [1.807, 2.05) is 38.1 Å². The molecule has 0 aliphatic rings. The molecule has 2 aromatic rings. The van der Waals surface area contributed by atoms with Crippen LogP contribution in [-0.2, 0) is 6.54 Å². The van der Waals surface area contributed by atoms with Crippen molar-refractivity contribution >= 4 is 5.69 Å². The number of nitriles is 1. The molecule has 18 heavy (non-hydrogen) atoms. The topological polar surface area (TPSA) is 61.6 Å². The SMILES string of the molecule is Cc1nccc(CNc2ccc(C#N)c(C)c2)n1. The minimum absolute atomic E-state index is 0.648. The summed E-state index contributed by atoms with van der Waals surface area (Å²) in [5, 5.41) is 12.1. The molecule has 0 spiro atoms. The molecule has 0 unspecified atom stereocenters. The summed E-state index contributed by atoms with van der Waals surface area (Å²) >= 11 is 0. The first-order valence-electron chi connectivity index (χ1n) is 5.72. The van der Waals surface area contributed by atoms with Gasteiger partial charge < -0.3 is 5.32 Å². The minimum atomic E-state index is 0.648. The maximum Gasteiger partial charge on any atom is 0.125 e. The molecule has 0 aliphatic heterocycles. The first-order valence-corrected chi connectivity index (χ1v) is 5.72. The van der Waals surface area contributed by atoms with E-state index in [9.17, 15) is 0 Å². The Kier molecular flexibility index (Phi) is 3.54. The average molecular weight is 238 g/mol. The average Bonchev–Trinajstić information content (AvgIpc) is 2.37. The van der Waals surface area contributed by atoms with Crippen LogP contribution in [0.1, 0.15) is 22.6 Å². The summed E-state index contributed by atoms with van der Waals surface area (Å²) in [7, 11) is 0. The van der Waals surface area contributed by atoms with E-state index < -0.39 is 0 Å². The summed E-state index contributed by atoms with van der Waals surface area (Å²) in [5.74, 6) is 0.769. The van der Waals surface area contributed by atoms with Crippen LogP contribution in [0, 0.1) is 25.2 Å². The lowest BCUT2D eigenvalue weighted by molar-refractivity contribution is 0.955. The highest BCUT2D eigenvalue weighted by molar-refractivity contribution is 5.51. The maximum atomic E-state index is 8.86. The van der Waals surface area contributed by atoms with Crippen molar-refractivity contribution < 1.29 is 0 Å². The molecule has 4 heteroatoms. The first-order chi connectivity index (χ1) is 8.69. The molecule has 4 nitrogen and oxygen atoms in total. The van der Waals surface area contributed by atoms with Gasteiger partial charge >= 0.3 is 0 Å². The molecule has 2 rings (SSSR count). The molecular weight excluding hydrogens is 224 g/mol.